The number of nitrogen functional groups attached to an aromatic ring is 1. The Bertz CT molecular complexity index is 390. The molecule has 1 amide bonds. The summed E-state index contributed by atoms with van der Waals surface area (Å²) in [6, 6.07) is 7.71. The molecule has 0 unspecified atom stereocenters. The van der Waals surface area contributed by atoms with Crippen LogP contribution in [0.3, 0.4) is 0 Å². The molecule has 3 nitrogen and oxygen atoms in total. The van der Waals surface area contributed by atoms with Gasteiger partial charge in [-0.1, -0.05) is 44.7 Å². The lowest BCUT2D eigenvalue weighted by molar-refractivity contribution is -0.130. The summed E-state index contributed by atoms with van der Waals surface area (Å²) in [6.45, 7) is 2.84. The fourth-order valence-electron chi connectivity index (χ4n) is 2.12. The van der Waals surface area contributed by atoms with Gasteiger partial charge in [0.2, 0.25) is 5.91 Å². The summed E-state index contributed by atoms with van der Waals surface area (Å²) in [5.41, 5.74) is 7.57. The van der Waals surface area contributed by atoms with Gasteiger partial charge >= 0.3 is 0 Å². The molecule has 0 heterocycles. The molecule has 0 saturated heterocycles. The number of anilines is 1. The van der Waals surface area contributed by atoms with E-state index in [1.54, 1.807) is 4.90 Å². The molecule has 0 spiro atoms. The average molecular weight is 262 g/mol. The highest BCUT2D eigenvalue weighted by Gasteiger charge is 2.08. The number of amides is 1. The number of unbranched alkanes of at least 4 members (excludes halogenated alkanes) is 4. The molecular formula is C16H26N2O. The minimum atomic E-state index is 0.221. The summed E-state index contributed by atoms with van der Waals surface area (Å²) in [6.07, 6.45) is 6.56. The van der Waals surface area contributed by atoms with E-state index in [1.165, 1.54) is 19.3 Å². The van der Waals surface area contributed by atoms with E-state index in [0.29, 0.717) is 13.0 Å². The van der Waals surface area contributed by atoms with Crippen molar-refractivity contribution in [3.63, 3.8) is 0 Å². The van der Waals surface area contributed by atoms with Crippen LogP contribution >= 0.6 is 0 Å². The molecule has 2 N–H and O–H groups in total. The van der Waals surface area contributed by atoms with Gasteiger partial charge < -0.3 is 10.6 Å². The summed E-state index contributed by atoms with van der Waals surface area (Å²) in [7, 11) is 1.86. The summed E-state index contributed by atoms with van der Waals surface area (Å²) in [5.74, 6) is 0.221. The number of benzene rings is 1. The van der Waals surface area contributed by atoms with E-state index >= 15 is 0 Å². The van der Waals surface area contributed by atoms with Crippen molar-refractivity contribution >= 4 is 11.6 Å². The zero-order chi connectivity index (χ0) is 14.1. The maximum atomic E-state index is 12.0. The maximum Gasteiger partial charge on any atom is 0.222 e. The topological polar surface area (TPSA) is 46.3 Å². The van der Waals surface area contributed by atoms with Crippen molar-refractivity contribution in [3.05, 3.63) is 29.8 Å². The van der Waals surface area contributed by atoms with E-state index in [1.807, 2.05) is 31.3 Å². The van der Waals surface area contributed by atoms with Crippen LogP contribution in [0.15, 0.2) is 24.3 Å². The molecule has 0 aliphatic carbocycles. The molecule has 0 aromatic heterocycles. The number of carbonyl (C=O) groups excluding carboxylic acids is 1. The molecular weight excluding hydrogens is 236 g/mol. The van der Waals surface area contributed by atoms with Crippen molar-refractivity contribution in [1.82, 2.24) is 4.90 Å². The van der Waals surface area contributed by atoms with Crippen molar-refractivity contribution in [2.24, 2.45) is 0 Å². The molecule has 0 aliphatic heterocycles. The lowest BCUT2D eigenvalue weighted by Gasteiger charge is -2.17. The van der Waals surface area contributed by atoms with Gasteiger partial charge in [0.25, 0.3) is 0 Å². The predicted molar refractivity (Wildman–Crippen MR) is 80.7 cm³/mol. The number of rotatable bonds is 8. The minimum Gasteiger partial charge on any atom is -0.399 e. The van der Waals surface area contributed by atoms with E-state index in [2.05, 4.69) is 6.92 Å². The van der Waals surface area contributed by atoms with Gasteiger partial charge in [-0.2, -0.15) is 0 Å². The highest BCUT2D eigenvalue weighted by molar-refractivity contribution is 5.75. The van der Waals surface area contributed by atoms with Crippen LogP contribution in [-0.4, -0.2) is 17.9 Å². The van der Waals surface area contributed by atoms with Crippen molar-refractivity contribution in [2.45, 2.75) is 52.0 Å². The first-order chi connectivity index (χ1) is 9.13. The third kappa shape index (κ3) is 6.27. The van der Waals surface area contributed by atoms with Crippen molar-refractivity contribution in [3.8, 4) is 0 Å². The third-order valence-corrected chi connectivity index (χ3v) is 3.29. The van der Waals surface area contributed by atoms with E-state index in [9.17, 15) is 4.79 Å². The zero-order valence-electron chi connectivity index (χ0n) is 12.2. The Morgan fingerprint density at radius 3 is 2.63 bits per heavy atom. The molecule has 0 saturated carbocycles. The second-order valence-corrected chi connectivity index (χ2v) is 5.16. The minimum absolute atomic E-state index is 0.221. The molecule has 19 heavy (non-hydrogen) atoms. The predicted octanol–water partition coefficient (Wildman–Crippen LogP) is 3.59. The SMILES string of the molecule is CCCCCCCC(=O)N(C)Cc1cccc(N)c1. The van der Waals surface area contributed by atoms with Gasteiger partial charge in [0.1, 0.15) is 0 Å². The van der Waals surface area contributed by atoms with Gasteiger partial charge in [-0.05, 0) is 24.1 Å². The number of nitrogens with zero attached hydrogens (tertiary/aromatic N) is 1. The van der Waals surface area contributed by atoms with E-state index in [0.717, 1.165) is 24.1 Å². The van der Waals surface area contributed by atoms with Crippen LogP contribution < -0.4 is 5.73 Å². The molecule has 1 aromatic carbocycles. The number of carbonyl (C=O) groups is 1. The Balaban J connectivity index is 2.28. The van der Waals surface area contributed by atoms with Gasteiger partial charge in [-0.3, -0.25) is 4.79 Å². The molecule has 1 rings (SSSR count). The van der Waals surface area contributed by atoms with Gasteiger partial charge in [-0.25, -0.2) is 0 Å². The van der Waals surface area contributed by atoms with Crippen LogP contribution in [0.4, 0.5) is 5.69 Å². The van der Waals surface area contributed by atoms with Gasteiger partial charge in [0.15, 0.2) is 0 Å². The Morgan fingerprint density at radius 2 is 1.95 bits per heavy atom. The number of nitrogens with two attached hydrogens (primary N) is 1. The van der Waals surface area contributed by atoms with Gasteiger partial charge in [0, 0.05) is 25.7 Å². The highest BCUT2D eigenvalue weighted by Crippen LogP contribution is 2.11. The largest absolute Gasteiger partial charge is 0.399 e. The lowest BCUT2D eigenvalue weighted by Crippen LogP contribution is -2.25. The first-order valence-electron chi connectivity index (χ1n) is 7.22. The van der Waals surface area contributed by atoms with Crippen molar-refractivity contribution in [1.29, 1.82) is 0 Å². The molecule has 0 fully saturated rings. The quantitative estimate of drug-likeness (QED) is 0.575. The fraction of sp³-hybridized carbons (Fsp3) is 0.562. The molecule has 0 atom stereocenters. The molecule has 0 aliphatic rings. The van der Waals surface area contributed by atoms with E-state index in [-0.39, 0.29) is 5.91 Å². The maximum absolute atomic E-state index is 12.0. The van der Waals surface area contributed by atoms with Crippen LogP contribution in [0, 0.1) is 0 Å². The summed E-state index contributed by atoms with van der Waals surface area (Å²) in [4.78, 5) is 13.7. The normalized spacial score (nSPS) is 10.4. The molecule has 1 aromatic rings. The molecule has 0 radical (unpaired) electrons. The second-order valence-electron chi connectivity index (χ2n) is 5.16. The Labute approximate surface area is 116 Å². The molecule has 3 heteroatoms. The standard InChI is InChI=1S/C16H26N2O/c1-3-4-5-6-7-11-16(19)18(2)13-14-9-8-10-15(17)12-14/h8-10,12H,3-7,11,13,17H2,1-2H3. The Kier molecular flexibility index (Phi) is 7.01. The summed E-state index contributed by atoms with van der Waals surface area (Å²) in [5, 5.41) is 0. The first-order valence-corrected chi connectivity index (χ1v) is 7.22. The summed E-state index contributed by atoms with van der Waals surface area (Å²) < 4.78 is 0. The van der Waals surface area contributed by atoms with E-state index in [4.69, 9.17) is 5.73 Å². The van der Waals surface area contributed by atoms with Crippen LogP contribution in [0.1, 0.15) is 51.0 Å². The monoisotopic (exact) mass is 262 g/mol. The Morgan fingerprint density at radius 1 is 1.21 bits per heavy atom. The van der Waals surface area contributed by atoms with Crippen LogP contribution in [0.2, 0.25) is 0 Å². The van der Waals surface area contributed by atoms with Crippen molar-refractivity contribution in [2.75, 3.05) is 12.8 Å². The lowest BCUT2D eigenvalue weighted by atomic mass is 10.1. The number of hydrogen-bond donors (Lipinski definition) is 1. The molecule has 106 valence electrons. The van der Waals surface area contributed by atoms with E-state index < -0.39 is 0 Å². The average Bonchev–Trinajstić information content (AvgIpc) is 2.38. The third-order valence-electron chi connectivity index (χ3n) is 3.29. The zero-order valence-corrected chi connectivity index (χ0v) is 12.2. The molecule has 0 bridgehead atoms. The van der Waals surface area contributed by atoms with Crippen LogP contribution in [-0.2, 0) is 11.3 Å². The van der Waals surface area contributed by atoms with Crippen LogP contribution in [0.5, 0.6) is 0 Å². The van der Waals surface area contributed by atoms with Gasteiger partial charge in [0.05, 0.1) is 0 Å². The summed E-state index contributed by atoms with van der Waals surface area (Å²) >= 11 is 0. The van der Waals surface area contributed by atoms with Crippen LogP contribution in [0.25, 0.3) is 0 Å². The number of hydrogen-bond acceptors (Lipinski definition) is 2. The smallest absolute Gasteiger partial charge is 0.222 e. The fourth-order valence-corrected chi connectivity index (χ4v) is 2.12. The van der Waals surface area contributed by atoms with Crippen molar-refractivity contribution < 1.29 is 4.79 Å². The second kappa shape index (κ2) is 8.57. The Hall–Kier alpha value is -1.51. The highest BCUT2D eigenvalue weighted by atomic mass is 16.2. The first kappa shape index (κ1) is 15.5. The van der Waals surface area contributed by atoms with Gasteiger partial charge in [-0.15, -0.1) is 0 Å².